The number of rotatable bonds is 5. The maximum Gasteiger partial charge on any atom is 0.236 e. The maximum absolute atomic E-state index is 11.2. The van der Waals surface area contributed by atoms with Crippen LogP contribution in [0, 0.1) is 5.92 Å². The van der Waals surface area contributed by atoms with E-state index in [1.165, 1.54) is 19.3 Å². The first-order valence-corrected chi connectivity index (χ1v) is 5.27. The smallest absolute Gasteiger partial charge is 0.236 e. The summed E-state index contributed by atoms with van der Waals surface area (Å²) in [6.07, 6.45) is 5.90. The van der Waals surface area contributed by atoms with Gasteiger partial charge in [-0.25, -0.2) is 0 Å². The third kappa shape index (κ3) is 3.35. The van der Waals surface area contributed by atoms with Crippen molar-refractivity contribution in [2.24, 2.45) is 11.7 Å². The zero-order valence-corrected chi connectivity index (χ0v) is 8.38. The van der Waals surface area contributed by atoms with E-state index < -0.39 is 0 Å². The second-order valence-electron chi connectivity index (χ2n) is 3.89. The van der Waals surface area contributed by atoms with Crippen LogP contribution in [0.5, 0.6) is 0 Å². The van der Waals surface area contributed by atoms with Crippen LogP contribution in [0.4, 0.5) is 0 Å². The van der Waals surface area contributed by atoms with Crippen molar-refractivity contribution in [2.75, 3.05) is 6.54 Å². The number of hydrogen-bond donors (Lipinski definition) is 2. The molecular weight excluding hydrogens is 164 g/mol. The Morgan fingerprint density at radius 1 is 1.62 bits per heavy atom. The molecule has 0 aromatic heterocycles. The molecule has 3 N–H and O–H groups in total. The van der Waals surface area contributed by atoms with Gasteiger partial charge < -0.3 is 11.1 Å². The molecule has 1 aliphatic rings. The lowest BCUT2D eigenvalue weighted by Gasteiger charge is -2.25. The minimum atomic E-state index is -0.318. The SMILES string of the molecule is CC[C@@H](N)C(=O)NCCC1CCC1. The molecule has 1 aliphatic carbocycles. The first-order valence-electron chi connectivity index (χ1n) is 5.27. The molecule has 0 aromatic carbocycles. The largest absolute Gasteiger partial charge is 0.355 e. The van der Waals surface area contributed by atoms with Crippen molar-refractivity contribution >= 4 is 5.91 Å². The van der Waals surface area contributed by atoms with Gasteiger partial charge in [-0.05, 0) is 18.8 Å². The molecule has 13 heavy (non-hydrogen) atoms. The first-order chi connectivity index (χ1) is 6.24. The van der Waals surface area contributed by atoms with E-state index in [9.17, 15) is 4.79 Å². The van der Waals surface area contributed by atoms with Crippen LogP contribution in [0.25, 0.3) is 0 Å². The van der Waals surface area contributed by atoms with Gasteiger partial charge in [-0.3, -0.25) is 4.79 Å². The molecule has 3 heteroatoms. The standard InChI is InChI=1S/C10H20N2O/c1-2-9(11)10(13)12-7-6-8-4-3-5-8/h8-9H,2-7,11H2,1H3,(H,12,13)/t9-/m1/s1. The van der Waals surface area contributed by atoms with E-state index in [0.717, 1.165) is 25.3 Å². The molecule has 1 amide bonds. The molecule has 0 aromatic rings. The van der Waals surface area contributed by atoms with E-state index in [2.05, 4.69) is 5.32 Å². The molecular formula is C10H20N2O. The van der Waals surface area contributed by atoms with Gasteiger partial charge in [0.2, 0.25) is 5.91 Å². The zero-order valence-electron chi connectivity index (χ0n) is 8.38. The number of carbonyl (C=O) groups excluding carboxylic acids is 1. The molecule has 1 fully saturated rings. The average Bonchev–Trinajstić information content (AvgIpc) is 2.07. The first kappa shape index (κ1) is 10.5. The third-order valence-corrected chi connectivity index (χ3v) is 2.85. The molecule has 0 bridgehead atoms. The highest BCUT2D eigenvalue weighted by atomic mass is 16.2. The van der Waals surface area contributed by atoms with Gasteiger partial charge in [0.05, 0.1) is 6.04 Å². The Morgan fingerprint density at radius 3 is 2.77 bits per heavy atom. The fraction of sp³-hybridized carbons (Fsp3) is 0.900. The molecule has 1 saturated carbocycles. The Kier molecular flexibility index (Phi) is 4.22. The van der Waals surface area contributed by atoms with Crippen molar-refractivity contribution < 1.29 is 4.79 Å². The summed E-state index contributed by atoms with van der Waals surface area (Å²) in [6, 6.07) is -0.318. The normalized spacial score (nSPS) is 19.2. The predicted octanol–water partition coefficient (Wildman–Crippen LogP) is 1.03. The second-order valence-corrected chi connectivity index (χ2v) is 3.89. The molecule has 0 aliphatic heterocycles. The van der Waals surface area contributed by atoms with Crippen molar-refractivity contribution in [2.45, 2.75) is 45.1 Å². The summed E-state index contributed by atoms with van der Waals surface area (Å²) in [7, 11) is 0. The van der Waals surface area contributed by atoms with E-state index in [1.807, 2.05) is 6.92 Å². The van der Waals surface area contributed by atoms with Gasteiger partial charge in [0.15, 0.2) is 0 Å². The summed E-state index contributed by atoms with van der Waals surface area (Å²) >= 11 is 0. The third-order valence-electron chi connectivity index (χ3n) is 2.85. The number of amides is 1. The van der Waals surface area contributed by atoms with Gasteiger partial charge in [0.25, 0.3) is 0 Å². The lowest BCUT2D eigenvalue weighted by molar-refractivity contribution is -0.122. The minimum Gasteiger partial charge on any atom is -0.355 e. The molecule has 0 saturated heterocycles. The number of nitrogens with two attached hydrogens (primary N) is 1. The topological polar surface area (TPSA) is 55.1 Å². The molecule has 0 spiro atoms. The van der Waals surface area contributed by atoms with Crippen molar-refractivity contribution in [1.29, 1.82) is 0 Å². The van der Waals surface area contributed by atoms with Gasteiger partial charge in [0, 0.05) is 6.54 Å². The highest BCUT2D eigenvalue weighted by Gasteiger charge is 2.17. The van der Waals surface area contributed by atoms with Crippen LogP contribution in [0.3, 0.4) is 0 Å². The fourth-order valence-electron chi connectivity index (χ4n) is 1.50. The van der Waals surface area contributed by atoms with Crippen LogP contribution in [0.1, 0.15) is 39.0 Å². The maximum atomic E-state index is 11.2. The van der Waals surface area contributed by atoms with E-state index >= 15 is 0 Å². The van der Waals surface area contributed by atoms with E-state index in [0.29, 0.717) is 0 Å². The molecule has 0 heterocycles. The Labute approximate surface area is 80.1 Å². The molecule has 76 valence electrons. The second kappa shape index (κ2) is 5.22. The molecule has 1 atom stereocenters. The summed E-state index contributed by atoms with van der Waals surface area (Å²) < 4.78 is 0. The summed E-state index contributed by atoms with van der Waals surface area (Å²) in [4.78, 5) is 11.2. The lowest BCUT2D eigenvalue weighted by atomic mass is 9.83. The van der Waals surface area contributed by atoms with Crippen LogP contribution in [-0.4, -0.2) is 18.5 Å². The molecule has 0 unspecified atom stereocenters. The monoisotopic (exact) mass is 184 g/mol. The van der Waals surface area contributed by atoms with Crippen LogP contribution in [-0.2, 0) is 4.79 Å². The Balaban J connectivity index is 2.00. The summed E-state index contributed by atoms with van der Waals surface area (Å²) in [5, 5.41) is 2.87. The van der Waals surface area contributed by atoms with Gasteiger partial charge >= 0.3 is 0 Å². The fourth-order valence-corrected chi connectivity index (χ4v) is 1.50. The van der Waals surface area contributed by atoms with Gasteiger partial charge in [0.1, 0.15) is 0 Å². The van der Waals surface area contributed by atoms with Crippen molar-refractivity contribution in [3.05, 3.63) is 0 Å². The zero-order chi connectivity index (χ0) is 9.68. The van der Waals surface area contributed by atoms with Gasteiger partial charge in [-0.1, -0.05) is 26.2 Å². The van der Waals surface area contributed by atoms with Crippen molar-refractivity contribution in [1.82, 2.24) is 5.32 Å². The van der Waals surface area contributed by atoms with E-state index in [-0.39, 0.29) is 11.9 Å². The van der Waals surface area contributed by atoms with Gasteiger partial charge in [-0.2, -0.15) is 0 Å². The molecule has 0 radical (unpaired) electrons. The summed E-state index contributed by atoms with van der Waals surface area (Å²) in [5.74, 6) is 0.861. The lowest BCUT2D eigenvalue weighted by Crippen LogP contribution is -2.40. The number of nitrogens with one attached hydrogen (secondary N) is 1. The average molecular weight is 184 g/mol. The Hall–Kier alpha value is -0.570. The minimum absolute atomic E-state index is 0.00169. The predicted molar refractivity (Wildman–Crippen MR) is 53.2 cm³/mol. The summed E-state index contributed by atoms with van der Waals surface area (Å²) in [6.45, 7) is 2.73. The van der Waals surface area contributed by atoms with E-state index in [1.54, 1.807) is 0 Å². The van der Waals surface area contributed by atoms with Crippen LogP contribution >= 0.6 is 0 Å². The Morgan fingerprint density at radius 2 is 2.31 bits per heavy atom. The highest BCUT2D eigenvalue weighted by Crippen LogP contribution is 2.28. The molecule has 1 rings (SSSR count). The van der Waals surface area contributed by atoms with Crippen LogP contribution in [0.2, 0.25) is 0 Å². The highest BCUT2D eigenvalue weighted by molar-refractivity contribution is 5.81. The van der Waals surface area contributed by atoms with Crippen molar-refractivity contribution in [3.8, 4) is 0 Å². The summed E-state index contributed by atoms with van der Waals surface area (Å²) in [5.41, 5.74) is 5.57. The van der Waals surface area contributed by atoms with Crippen LogP contribution < -0.4 is 11.1 Å². The Bertz CT molecular complexity index is 166. The van der Waals surface area contributed by atoms with Gasteiger partial charge in [-0.15, -0.1) is 0 Å². The van der Waals surface area contributed by atoms with Crippen molar-refractivity contribution in [3.63, 3.8) is 0 Å². The quantitative estimate of drug-likeness (QED) is 0.670. The van der Waals surface area contributed by atoms with E-state index in [4.69, 9.17) is 5.73 Å². The number of hydrogen-bond acceptors (Lipinski definition) is 2. The number of carbonyl (C=O) groups is 1. The van der Waals surface area contributed by atoms with Crippen LogP contribution in [0.15, 0.2) is 0 Å². The molecule has 3 nitrogen and oxygen atoms in total.